The largest absolute Gasteiger partial charge is 0.342 e. The summed E-state index contributed by atoms with van der Waals surface area (Å²) in [5.41, 5.74) is 0.929. The van der Waals surface area contributed by atoms with E-state index in [9.17, 15) is 17.2 Å². The van der Waals surface area contributed by atoms with Gasteiger partial charge >= 0.3 is 0 Å². The van der Waals surface area contributed by atoms with Crippen LogP contribution in [0.5, 0.6) is 0 Å². The maximum absolute atomic E-state index is 14.4. The highest BCUT2D eigenvalue weighted by molar-refractivity contribution is 7.86. The van der Waals surface area contributed by atoms with E-state index in [0.717, 1.165) is 17.7 Å². The zero-order valence-corrected chi connectivity index (χ0v) is 17.2. The minimum absolute atomic E-state index is 0.0132. The molecule has 11 heteroatoms. The molecule has 3 aromatic rings. The van der Waals surface area contributed by atoms with Gasteiger partial charge in [-0.3, -0.25) is 4.18 Å². The van der Waals surface area contributed by atoms with Gasteiger partial charge in [0.1, 0.15) is 36.5 Å². The summed E-state index contributed by atoms with van der Waals surface area (Å²) in [6.07, 6.45) is -0.0601. The Balaban J connectivity index is 1.54. The summed E-state index contributed by atoms with van der Waals surface area (Å²) < 4.78 is 71.0. The highest BCUT2D eigenvalue weighted by Crippen LogP contribution is 2.35. The van der Waals surface area contributed by atoms with Crippen LogP contribution in [-0.4, -0.2) is 42.2 Å². The van der Waals surface area contributed by atoms with Crippen LogP contribution in [0.15, 0.2) is 60.0 Å². The molecular formula is C20H19F2N3O5S. The van der Waals surface area contributed by atoms with Crippen molar-refractivity contribution in [3.63, 3.8) is 0 Å². The Hall–Kier alpha value is -2.73. The minimum Gasteiger partial charge on any atom is -0.342 e. The summed E-state index contributed by atoms with van der Waals surface area (Å²) in [6, 6.07) is 9.21. The summed E-state index contributed by atoms with van der Waals surface area (Å²) >= 11 is 0. The number of nitrogens with zero attached hydrogens (tertiary/aromatic N) is 3. The summed E-state index contributed by atoms with van der Waals surface area (Å²) in [5.74, 6) is -1.57. The SMILES string of the molecule is Cc1ccc(S(=O)(=O)OC[C@H]2O[C@H](Cn3cncn3)O[C@H]2c2ccc(F)cc2F)cc1. The lowest BCUT2D eigenvalue weighted by Crippen LogP contribution is -2.25. The van der Waals surface area contributed by atoms with Crippen molar-refractivity contribution in [1.29, 1.82) is 0 Å². The van der Waals surface area contributed by atoms with Crippen molar-refractivity contribution in [2.45, 2.75) is 36.9 Å². The number of aryl methyl sites for hydroxylation is 1. The van der Waals surface area contributed by atoms with E-state index in [1.165, 1.54) is 35.5 Å². The van der Waals surface area contributed by atoms with Crippen molar-refractivity contribution < 1.29 is 30.9 Å². The number of rotatable bonds is 7. The van der Waals surface area contributed by atoms with Gasteiger partial charge in [-0.25, -0.2) is 18.4 Å². The molecule has 0 radical (unpaired) electrons. The van der Waals surface area contributed by atoms with Crippen LogP contribution in [0.4, 0.5) is 8.78 Å². The van der Waals surface area contributed by atoms with Gasteiger partial charge in [-0.2, -0.15) is 13.5 Å². The zero-order chi connectivity index (χ0) is 22.0. The normalized spacial score (nSPS) is 21.5. The zero-order valence-electron chi connectivity index (χ0n) is 16.4. The van der Waals surface area contributed by atoms with E-state index in [1.807, 2.05) is 6.92 Å². The molecule has 8 nitrogen and oxygen atoms in total. The summed E-state index contributed by atoms with van der Waals surface area (Å²) in [7, 11) is -4.07. The number of ether oxygens (including phenoxy) is 2. The van der Waals surface area contributed by atoms with E-state index in [0.29, 0.717) is 0 Å². The maximum Gasteiger partial charge on any atom is 0.297 e. The van der Waals surface area contributed by atoms with Gasteiger partial charge in [-0.1, -0.05) is 23.8 Å². The van der Waals surface area contributed by atoms with Gasteiger partial charge in [0.15, 0.2) is 6.29 Å². The molecule has 0 aliphatic carbocycles. The fraction of sp³-hybridized carbons (Fsp3) is 0.300. The molecule has 1 saturated heterocycles. The molecule has 0 spiro atoms. The molecule has 31 heavy (non-hydrogen) atoms. The maximum atomic E-state index is 14.4. The third kappa shape index (κ3) is 4.96. The van der Waals surface area contributed by atoms with Crippen LogP contribution in [0.1, 0.15) is 17.2 Å². The average molecular weight is 451 g/mol. The first kappa shape index (κ1) is 21.5. The smallest absolute Gasteiger partial charge is 0.297 e. The Bertz CT molecular complexity index is 1140. The Morgan fingerprint density at radius 1 is 1.13 bits per heavy atom. The van der Waals surface area contributed by atoms with Crippen molar-refractivity contribution in [3.05, 3.63) is 77.9 Å². The van der Waals surface area contributed by atoms with Crippen LogP contribution in [0.3, 0.4) is 0 Å². The van der Waals surface area contributed by atoms with E-state index in [4.69, 9.17) is 13.7 Å². The fourth-order valence-corrected chi connectivity index (χ4v) is 4.10. The third-order valence-corrected chi connectivity index (χ3v) is 6.03. The quantitative estimate of drug-likeness (QED) is 0.510. The topological polar surface area (TPSA) is 92.5 Å². The molecule has 0 amide bonds. The molecule has 2 heterocycles. The predicted molar refractivity (Wildman–Crippen MR) is 103 cm³/mol. The molecule has 2 aromatic carbocycles. The predicted octanol–water partition coefficient (Wildman–Crippen LogP) is 2.75. The highest BCUT2D eigenvalue weighted by Gasteiger charge is 2.40. The van der Waals surface area contributed by atoms with Gasteiger partial charge < -0.3 is 9.47 Å². The van der Waals surface area contributed by atoms with E-state index in [2.05, 4.69) is 10.1 Å². The first-order chi connectivity index (χ1) is 14.8. The molecule has 1 aliphatic heterocycles. The molecule has 0 saturated carbocycles. The molecule has 1 aromatic heterocycles. The van der Waals surface area contributed by atoms with Crippen molar-refractivity contribution in [2.75, 3.05) is 6.61 Å². The standard InChI is InChI=1S/C20H19F2N3O5S/c1-13-2-5-15(6-3-13)31(26,27)28-10-18-20(16-7-4-14(21)8-17(16)22)30-19(29-18)9-25-12-23-11-24-25/h2-8,11-12,18-20H,9-10H2,1H3/t18-,19+,20+/m1/s1. The van der Waals surface area contributed by atoms with Crippen molar-refractivity contribution >= 4 is 10.1 Å². The fourth-order valence-electron chi connectivity index (χ4n) is 3.18. The van der Waals surface area contributed by atoms with E-state index in [1.54, 1.807) is 12.1 Å². The van der Waals surface area contributed by atoms with Crippen LogP contribution in [0.25, 0.3) is 0 Å². The molecule has 0 bridgehead atoms. The number of aromatic nitrogens is 3. The Morgan fingerprint density at radius 2 is 1.90 bits per heavy atom. The monoisotopic (exact) mass is 451 g/mol. The van der Waals surface area contributed by atoms with Crippen molar-refractivity contribution in [3.8, 4) is 0 Å². The second-order valence-corrected chi connectivity index (χ2v) is 8.61. The second-order valence-electron chi connectivity index (χ2n) is 7.00. The number of benzene rings is 2. The van der Waals surface area contributed by atoms with Gasteiger partial charge in [0, 0.05) is 11.6 Å². The van der Waals surface area contributed by atoms with Crippen LogP contribution < -0.4 is 0 Å². The van der Waals surface area contributed by atoms with Crippen LogP contribution in [-0.2, 0) is 30.3 Å². The lowest BCUT2D eigenvalue weighted by Gasteiger charge is -2.17. The van der Waals surface area contributed by atoms with Crippen LogP contribution in [0, 0.1) is 18.6 Å². The Labute approximate surface area is 177 Å². The minimum atomic E-state index is -4.07. The van der Waals surface area contributed by atoms with Crippen molar-refractivity contribution in [1.82, 2.24) is 14.8 Å². The van der Waals surface area contributed by atoms with Crippen LogP contribution >= 0.6 is 0 Å². The Kier molecular flexibility index (Phi) is 6.10. The third-order valence-electron chi connectivity index (χ3n) is 4.73. The molecule has 164 valence electrons. The van der Waals surface area contributed by atoms with Gasteiger partial charge in [-0.15, -0.1) is 0 Å². The molecular weight excluding hydrogens is 432 g/mol. The van der Waals surface area contributed by atoms with Gasteiger partial charge in [-0.05, 0) is 25.1 Å². The van der Waals surface area contributed by atoms with Gasteiger partial charge in [0.2, 0.25) is 0 Å². The molecule has 1 aliphatic rings. The van der Waals surface area contributed by atoms with E-state index in [-0.39, 0.29) is 17.0 Å². The second kappa shape index (κ2) is 8.79. The summed E-state index contributed by atoms with van der Waals surface area (Å²) in [5, 5.41) is 3.96. The van der Waals surface area contributed by atoms with Crippen molar-refractivity contribution in [2.24, 2.45) is 0 Å². The summed E-state index contributed by atoms with van der Waals surface area (Å²) in [4.78, 5) is 3.81. The first-order valence-electron chi connectivity index (χ1n) is 9.36. The lowest BCUT2D eigenvalue weighted by molar-refractivity contribution is -0.0812. The Morgan fingerprint density at radius 3 is 2.58 bits per heavy atom. The van der Waals surface area contributed by atoms with Gasteiger partial charge in [0.05, 0.1) is 18.0 Å². The van der Waals surface area contributed by atoms with E-state index < -0.39 is 46.9 Å². The summed E-state index contributed by atoms with van der Waals surface area (Å²) in [6.45, 7) is 1.55. The number of hydrogen-bond acceptors (Lipinski definition) is 7. The lowest BCUT2D eigenvalue weighted by atomic mass is 10.0. The number of hydrogen-bond donors (Lipinski definition) is 0. The van der Waals surface area contributed by atoms with Gasteiger partial charge in [0.25, 0.3) is 10.1 Å². The number of halogens is 2. The first-order valence-corrected chi connectivity index (χ1v) is 10.8. The average Bonchev–Trinajstić information content (AvgIpc) is 3.37. The highest BCUT2D eigenvalue weighted by atomic mass is 32.2. The molecule has 0 N–H and O–H groups in total. The molecule has 4 rings (SSSR count). The molecule has 0 unspecified atom stereocenters. The molecule has 3 atom stereocenters. The van der Waals surface area contributed by atoms with Crippen LogP contribution in [0.2, 0.25) is 0 Å². The van der Waals surface area contributed by atoms with E-state index >= 15 is 0 Å². The molecule has 1 fully saturated rings.